The Hall–Kier alpha value is -4.42. The minimum absolute atomic E-state index is 0.218. The molecule has 0 aromatic heterocycles. The third-order valence-corrected chi connectivity index (χ3v) is 7.46. The molecule has 0 saturated heterocycles. The first-order valence-corrected chi connectivity index (χ1v) is 14.8. The van der Waals surface area contributed by atoms with E-state index in [0.29, 0.717) is 30.9 Å². The SMILES string of the molecule is COC(=O)c1ccc(CN(CCCCC(C)=O)CCc2ccccc2OCc2ccc(-c3ccccc3)cc2)cc1OC. The summed E-state index contributed by atoms with van der Waals surface area (Å²) in [6, 6.07) is 32.7. The number of ketones is 1. The lowest BCUT2D eigenvalue weighted by Gasteiger charge is -2.23. The van der Waals surface area contributed by atoms with E-state index in [2.05, 4.69) is 47.4 Å². The smallest absolute Gasteiger partial charge is 0.341 e. The van der Waals surface area contributed by atoms with Crippen molar-refractivity contribution in [1.82, 2.24) is 4.90 Å². The van der Waals surface area contributed by atoms with Crippen molar-refractivity contribution in [2.24, 2.45) is 0 Å². The Balaban J connectivity index is 1.41. The number of para-hydroxylation sites is 1. The number of nitrogens with zero attached hydrogens (tertiary/aromatic N) is 1. The summed E-state index contributed by atoms with van der Waals surface area (Å²) < 4.78 is 16.7. The summed E-state index contributed by atoms with van der Waals surface area (Å²) in [6.45, 7) is 4.49. The van der Waals surface area contributed by atoms with Gasteiger partial charge < -0.3 is 19.0 Å². The lowest BCUT2D eigenvalue weighted by Crippen LogP contribution is -2.27. The van der Waals surface area contributed by atoms with Crippen LogP contribution in [-0.4, -0.2) is 44.0 Å². The fraction of sp³-hybridized carbons (Fsp3) is 0.297. The van der Waals surface area contributed by atoms with Crippen LogP contribution >= 0.6 is 0 Å². The number of carbonyl (C=O) groups is 2. The third kappa shape index (κ3) is 9.55. The summed E-state index contributed by atoms with van der Waals surface area (Å²) in [5, 5.41) is 0. The van der Waals surface area contributed by atoms with E-state index in [1.165, 1.54) is 18.2 Å². The van der Waals surface area contributed by atoms with Crippen molar-refractivity contribution in [3.63, 3.8) is 0 Å². The maximum absolute atomic E-state index is 12.1. The van der Waals surface area contributed by atoms with Crippen molar-refractivity contribution >= 4 is 11.8 Å². The number of esters is 1. The summed E-state index contributed by atoms with van der Waals surface area (Å²) >= 11 is 0. The van der Waals surface area contributed by atoms with E-state index >= 15 is 0 Å². The summed E-state index contributed by atoms with van der Waals surface area (Å²) in [5.41, 5.74) is 6.10. The molecule has 43 heavy (non-hydrogen) atoms. The van der Waals surface area contributed by atoms with Gasteiger partial charge in [0, 0.05) is 19.5 Å². The minimum Gasteiger partial charge on any atom is -0.496 e. The largest absolute Gasteiger partial charge is 0.496 e. The minimum atomic E-state index is -0.423. The molecular formula is C37H41NO5. The zero-order valence-electron chi connectivity index (χ0n) is 25.4. The highest BCUT2D eigenvalue weighted by atomic mass is 16.5. The quantitative estimate of drug-likeness (QED) is 0.101. The highest BCUT2D eigenvalue weighted by molar-refractivity contribution is 5.92. The molecule has 0 N–H and O–H groups in total. The number of rotatable bonds is 16. The Labute approximate surface area is 255 Å². The molecular weight excluding hydrogens is 538 g/mol. The van der Waals surface area contributed by atoms with Gasteiger partial charge in [0.2, 0.25) is 0 Å². The molecule has 0 atom stereocenters. The molecule has 4 aromatic rings. The fourth-order valence-electron chi connectivity index (χ4n) is 5.06. The highest BCUT2D eigenvalue weighted by Crippen LogP contribution is 2.25. The average Bonchev–Trinajstić information content (AvgIpc) is 3.05. The zero-order chi connectivity index (χ0) is 30.4. The van der Waals surface area contributed by atoms with Gasteiger partial charge in [0.05, 0.1) is 14.2 Å². The van der Waals surface area contributed by atoms with Crippen molar-refractivity contribution in [3.8, 4) is 22.6 Å². The van der Waals surface area contributed by atoms with Crippen LogP contribution in [0.1, 0.15) is 53.2 Å². The monoisotopic (exact) mass is 579 g/mol. The molecule has 0 aliphatic heterocycles. The summed E-state index contributed by atoms with van der Waals surface area (Å²) in [7, 11) is 2.92. The molecule has 0 fully saturated rings. The van der Waals surface area contributed by atoms with Crippen LogP contribution < -0.4 is 9.47 Å². The van der Waals surface area contributed by atoms with Gasteiger partial charge >= 0.3 is 5.97 Å². The van der Waals surface area contributed by atoms with Crippen LogP contribution in [0, 0.1) is 0 Å². The van der Waals surface area contributed by atoms with Crippen molar-refractivity contribution in [3.05, 3.63) is 119 Å². The number of unbranched alkanes of at least 4 members (excludes halogenated alkanes) is 1. The van der Waals surface area contributed by atoms with Crippen molar-refractivity contribution < 1.29 is 23.8 Å². The molecule has 0 bridgehead atoms. The first-order valence-electron chi connectivity index (χ1n) is 14.8. The van der Waals surface area contributed by atoms with Crippen molar-refractivity contribution in [2.45, 2.75) is 45.8 Å². The number of hydrogen-bond donors (Lipinski definition) is 0. The average molecular weight is 580 g/mol. The molecule has 0 heterocycles. The van der Waals surface area contributed by atoms with Gasteiger partial charge in [0.25, 0.3) is 0 Å². The molecule has 4 rings (SSSR count). The topological polar surface area (TPSA) is 65.1 Å². The molecule has 0 aliphatic carbocycles. The van der Waals surface area contributed by atoms with Gasteiger partial charge in [0.15, 0.2) is 0 Å². The summed E-state index contributed by atoms with van der Waals surface area (Å²) in [4.78, 5) is 26.0. The molecule has 0 radical (unpaired) electrons. The number of carbonyl (C=O) groups excluding carboxylic acids is 2. The maximum Gasteiger partial charge on any atom is 0.341 e. The van der Waals surface area contributed by atoms with Crippen LogP contribution in [0.5, 0.6) is 11.5 Å². The van der Waals surface area contributed by atoms with E-state index < -0.39 is 5.97 Å². The molecule has 6 heteroatoms. The lowest BCUT2D eigenvalue weighted by atomic mass is 10.0. The van der Waals surface area contributed by atoms with E-state index in [-0.39, 0.29) is 5.78 Å². The number of benzene rings is 4. The van der Waals surface area contributed by atoms with E-state index in [1.54, 1.807) is 20.1 Å². The number of hydrogen-bond acceptors (Lipinski definition) is 6. The maximum atomic E-state index is 12.1. The molecule has 4 aromatic carbocycles. The van der Waals surface area contributed by atoms with Gasteiger partial charge in [-0.05, 0) is 78.7 Å². The zero-order valence-corrected chi connectivity index (χ0v) is 25.4. The second-order valence-corrected chi connectivity index (χ2v) is 10.7. The molecule has 6 nitrogen and oxygen atoms in total. The van der Waals surface area contributed by atoms with E-state index in [9.17, 15) is 9.59 Å². The van der Waals surface area contributed by atoms with Gasteiger partial charge in [-0.25, -0.2) is 4.79 Å². The predicted molar refractivity (Wildman–Crippen MR) is 170 cm³/mol. The van der Waals surface area contributed by atoms with E-state index in [1.807, 2.05) is 48.5 Å². The first kappa shape index (κ1) is 31.5. The van der Waals surface area contributed by atoms with E-state index in [4.69, 9.17) is 14.2 Å². The number of ether oxygens (including phenoxy) is 3. The Kier molecular flexibility index (Phi) is 11.9. The number of Topliss-reactive ketones (excluding diaryl/α,β-unsaturated/α-hetero) is 1. The van der Waals surface area contributed by atoms with Crippen molar-refractivity contribution in [1.29, 1.82) is 0 Å². The number of methoxy groups -OCH3 is 2. The second-order valence-electron chi connectivity index (χ2n) is 10.7. The van der Waals surface area contributed by atoms with Gasteiger partial charge in [0.1, 0.15) is 29.5 Å². The van der Waals surface area contributed by atoms with Crippen molar-refractivity contribution in [2.75, 3.05) is 27.3 Å². The second kappa shape index (κ2) is 16.3. The molecule has 0 amide bonds. The van der Waals surface area contributed by atoms with Crippen LogP contribution in [0.2, 0.25) is 0 Å². The van der Waals surface area contributed by atoms with E-state index in [0.717, 1.165) is 54.8 Å². The Morgan fingerprint density at radius 3 is 2.14 bits per heavy atom. The van der Waals surface area contributed by atoms with Crippen LogP contribution in [0.4, 0.5) is 0 Å². The fourth-order valence-corrected chi connectivity index (χ4v) is 5.06. The van der Waals surface area contributed by atoms with Crippen LogP contribution in [0.25, 0.3) is 11.1 Å². The Bertz CT molecular complexity index is 1470. The van der Waals surface area contributed by atoms with Gasteiger partial charge in [-0.2, -0.15) is 0 Å². The Morgan fingerprint density at radius 2 is 1.42 bits per heavy atom. The molecule has 0 aliphatic rings. The van der Waals surface area contributed by atoms with Gasteiger partial charge in [-0.1, -0.05) is 78.9 Å². The third-order valence-electron chi connectivity index (χ3n) is 7.46. The highest BCUT2D eigenvalue weighted by Gasteiger charge is 2.15. The molecule has 0 spiro atoms. The normalized spacial score (nSPS) is 10.9. The van der Waals surface area contributed by atoms with Crippen LogP contribution in [-0.2, 0) is 29.1 Å². The first-order chi connectivity index (χ1) is 21.0. The van der Waals surface area contributed by atoms with Gasteiger partial charge in [-0.3, -0.25) is 4.90 Å². The Morgan fingerprint density at radius 1 is 0.721 bits per heavy atom. The summed E-state index contributed by atoms with van der Waals surface area (Å²) in [6.07, 6.45) is 3.19. The standard InChI is InChI=1S/C37H41NO5/c1-28(39)11-9-10-23-38(26-30-18-21-34(37(40)42-3)36(25-30)41-2)24-22-33-14-7-8-15-35(33)43-27-29-16-19-32(20-17-29)31-12-5-4-6-13-31/h4-8,12-21,25H,9-11,22-24,26-27H2,1-3H3. The van der Waals surface area contributed by atoms with Crippen LogP contribution in [0.3, 0.4) is 0 Å². The van der Waals surface area contributed by atoms with Crippen LogP contribution in [0.15, 0.2) is 97.1 Å². The molecule has 0 saturated carbocycles. The lowest BCUT2D eigenvalue weighted by molar-refractivity contribution is -0.117. The summed E-state index contributed by atoms with van der Waals surface area (Å²) in [5.74, 6) is 1.18. The van der Waals surface area contributed by atoms with Gasteiger partial charge in [-0.15, -0.1) is 0 Å². The predicted octanol–water partition coefficient (Wildman–Crippen LogP) is 7.53. The molecule has 0 unspecified atom stereocenters. The molecule has 224 valence electrons.